The highest BCUT2D eigenvalue weighted by Crippen LogP contribution is 2.23. The molecular weight excluding hydrogens is 518 g/mol. The number of carbonyl (C=O) groups excluding carboxylic acids is 3. The molecule has 39 heavy (non-hydrogen) atoms. The lowest BCUT2D eigenvalue weighted by atomic mass is 10.2. The first-order chi connectivity index (χ1) is 19.0. The summed E-state index contributed by atoms with van der Waals surface area (Å²) >= 11 is 1.21. The topological polar surface area (TPSA) is 124 Å². The van der Waals surface area contributed by atoms with Gasteiger partial charge in [-0.3, -0.25) is 14.2 Å². The van der Waals surface area contributed by atoms with Crippen LogP contribution in [0, 0.1) is 0 Å². The summed E-state index contributed by atoms with van der Waals surface area (Å²) in [5.74, 6) is 0.220. The van der Waals surface area contributed by atoms with E-state index in [-0.39, 0.29) is 24.1 Å². The smallest absolute Gasteiger partial charge is 0.338 e. The van der Waals surface area contributed by atoms with Crippen LogP contribution >= 0.6 is 11.8 Å². The standard InChI is InChI=1S/C28H27N5O5S/c1-3-38-27(36)19-12-14-21(15-13-19)30-25(34)18-39-28-32-31-24(33(28)22-9-5-4-6-10-22)17-29-26(35)20-8-7-11-23(16-20)37-2/h4-16H,3,17-18H2,1-2H3,(H,29,35)(H,30,34). The zero-order chi connectivity index (χ0) is 27.6. The summed E-state index contributed by atoms with van der Waals surface area (Å²) in [6.45, 7) is 2.15. The molecule has 0 saturated carbocycles. The molecule has 0 atom stereocenters. The van der Waals surface area contributed by atoms with Crippen LogP contribution < -0.4 is 15.4 Å². The molecule has 10 nitrogen and oxygen atoms in total. The molecule has 1 heterocycles. The number of esters is 1. The third-order valence-corrected chi connectivity index (χ3v) is 6.39. The van der Waals surface area contributed by atoms with Gasteiger partial charge in [0.1, 0.15) is 5.75 Å². The average molecular weight is 546 g/mol. The van der Waals surface area contributed by atoms with Gasteiger partial charge in [-0.1, -0.05) is 36.0 Å². The molecule has 3 aromatic carbocycles. The number of benzene rings is 3. The second-order valence-corrected chi connectivity index (χ2v) is 9.06. The van der Waals surface area contributed by atoms with Crippen molar-refractivity contribution in [1.29, 1.82) is 0 Å². The van der Waals surface area contributed by atoms with Gasteiger partial charge in [-0.2, -0.15) is 0 Å². The van der Waals surface area contributed by atoms with Crippen LogP contribution in [-0.4, -0.2) is 52.0 Å². The molecular formula is C28H27N5O5S. The molecule has 0 saturated heterocycles. The average Bonchev–Trinajstić information content (AvgIpc) is 3.38. The van der Waals surface area contributed by atoms with Gasteiger partial charge in [-0.05, 0) is 61.5 Å². The quantitative estimate of drug-likeness (QED) is 0.213. The summed E-state index contributed by atoms with van der Waals surface area (Å²) in [5.41, 5.74) is 2.22. The second kappa shape index (κ2) is 13.2. The Morgan fingerprint density at radius 1 is 0.923 bits per heavy atom. The van der Waals surface area contributed by atoms with Crippen molar-refractivity contribution in [3.8, 4) is 11.4 Å². The Morgan fingerprint density at radius 2 is 1.69 bits per heavy atom. The largest absolute Gasteiger partial charge is 0.497 e. The summed E-state index contributed by atoms with van der Waals surface area (Å²) in [6, 6.07) is 22.8. The molecule has 200 valence electrons. The van der Waals surface area contributed by atoms with Gasteiger partial charge in [0, 0.05) is 16.9 Å². The number of nitrogens with zero attached hydrogens (tertiary/aromatic N) is 3. The number of amides is 2. The number of thioether (sulfide) groups is 1. The number of ether oxygens (including phenoxy) is 2. The van der Waals surface area contributed by atoms with E-state index in [0.717, 1.165) is 5.69 Å². The van der Waals surface area contributed by atoms with E-state index in [2.05, 4.69) is 20.8 Å². The lowest BCUT2D eigenvalue weighted by Gasteiger charge is -2.11. The van der Waals surface area contributed by atoms with E-state index in [1.165, 1.54) is 11.8 Å². The summed E-state index contributed by atoms with van der Waals surface area (Å²) in [6.07, 6.45) is 0. The first-order valence-corrected chi connectivity index (χ1v) is 13.1. The van der Waals surface area contributed by atoms with Gasteiger partial charge in [0.2, 0.25) is 5.91 Å². The summed E-state index contributed by atoms with van der Waals surface area (Å²) in [7, 11) is 1.54. The maximum absolute atomic E-state index is 12.7. The van der Waals surface area contributed by atoms with E-state index in [9.17, 15) is 14.4 Å². The SMILES string of the molecule is CCOC(=O)c1ccc(NC(=O)CSc2nnc(CNC(=O)c3cccc(OC)c3)n2-c2ccccc2)cc1. The number of hydrogen-bond acceptors (Lipinski definition) is 8. The van der Waals surface area contributed by atoms with Crippen molar-refractivity contribution in [1.82, 2.24) is 20.1 Å². The molecule has 4 rings (SSSR count). The number of aromatic nitrogens is 3. The molecule has 0 fully saturated rings. The molecule has 11 heteroatoms. The van der Waals surface area contributed by atoms with Crippen LogP contribution in [-0.2, 0) is 16.1 Å². The minimum absolute atomic E-state index is 0.0702. The number of carbonyl (C=O) groups is 3. The van der Waals surface area contributed by atoms with E-state index in [4.69, 9.17) is 9.47 Å². The Labute approximate surface area is 229 Å². The molecule has 4 aromatic rings. The Morgan fingerprint density at radius 3 is 2.41 bits per heavy atom. The van der Waals surface area contributed by atoms with E-state index < -0.39 is 5.97 Å². The van der Waals surface area contributed by atoms with Crippen LogP contribution in [0.2, 0.25) is 0 Å². The second-order valence-electron chi connectivity index (χ2n) is 8.12. The first kappa shape index (κ1) is 27.4. The van der Waals surface area contributed by atoms with E-state index in [0.29, 0.717) is 40.2 Å². The van der Waals surface area contributed by atoms with E-state index >= 15 is 0 Å². The van der Waals surface area contributed by atoms with E-state index in [1.54, 1.807) is 67.1 Å². The fourth-order valence-electron chi connectivity index (χ4n) is 3.60. The summed E-state index contributed by atoms with van der Waals surface area (Å²) in [4.78, 5) is 37.2. The van der Waals surface area contributed by atoms with Gasteiger partial charge in [0.15, 0.2) is 11.0 Å². The van der Waals surface area contributed by atoms with Crippen molar-refractivity contribution in [2.45, 2.75) is 18.6 Å². The summed E-state index contributed by atoms with van der Waals surface area (Å²) in [5, 5.41) is 14.7. The normalized spacial score (nSPS) is 10.5. The Bertz CT molecular complexity index is 1440. The van der Waals surface area contributed by atoms with Crippen LogP contribution in [0.25, 0.3) is 5.69 Å². The Balaban J connectivity index is 1.43. The zero-order valence-corrected chi connectivity index (χ0v) is 22.2. The number of rotatable bonds is 11. The lowest BCUT2D eigenvalue weighted by molar-refractivity contribution is -0.113. The van der Waals surface area contributed by atoms with Gasteiger partial charge in [-0.15, -0.1) is 10.2 Å². The Hall–Kier alpha value is -4.64. The number of methoxy groups -OCH3 is 1. The minimum Gasteiger partial charge on any atom is -0.497 e. The van der Waals surface area contributed by atoms with Crippen LogP contribution in [0.5, 0.6) is 5.75 Å². The Kier molecular flexibility index (Phi) is 9.30. The molecule has 2 N–H and O–H groups in total. The van der Waals surface area contributed by atoms with E-state index in [1.807, 2.05) is 30.3 Å². The van der Waals surface area contributed by atoms with Gasteiger partial charge < -0.3 is 20.1 Å². The fraction of sp³-hybridized carbons (Fsp3) is 0.179. The van der Waals surface area contributed by atoms with Gasteiger partial charge >= 0.3 is 5.97 Å². The first-order valence-electron chi connectivity index (χ1n) is 12.1. The van der Waals surface area contributed by atoms with Crippen LogP contribution in [0.1, 0.15) is 33.5 Å². The molecule has 0 aliphatic heterocycles. The fourth-order valence-corrected chi connectivity index (χ4v) is 4.37. The van der Waals surface area contributed by atoms with Gasteiger partial charge in [-0.25, -0.2) is 4.79 Å². The van der Waals surface area contributed by atoms with Crippen molar-refractivity contribution in [2.24, 2.45) is 0 Å². The predicted octanol–water partition coefficient (Wildman–Crippen LogP) is 4.11. The number of hydrogen-bond donors (Lipinski definition) is 2. The molecule has 0 unspecified atom stereocenters. The molecule has 0 radical (unpaired) electrons. The van der Waals surface area contributed by atoms with Crippen LogP contribution in [0.4, 0.5) is 5.69 Å². The van der Waals surface area contributed by atoms with Crippen molar-refractivity contribution >= 4 is 35.2 Å². The highest BCUT2D eigenvalue weighted by Gasteiger charge is 2.17. The van der Waals surface area contributed by atoms with Crippen molar-refractivity contribution in [3.63, 3.8) is 0 Å². The minimum atomic E-state index is -0.415. The van der Waals surface area contributed by atoms with Crippen LogP contribution in [0.15, 0.2) is 84.0 Å². The van der Waals surface area contributed by atoms with Crippen LogP contribution in [0.3, 0.4) is 0 Å². The van der Waals surface area contributed by atoms with Crippen molar-refractivity contribution in [2.75, 3.05) is 24.8 Å². The molecule has 0 aliphatic carbocycles. The highest BCUT2D eigenvalue weighted by molar-refractivity contribution is 7.99. The van der Waals surface area contributed by atoms with Crippen molar-refractivity contribution < 1.29 is 23.9 Å². The number of nitrogens with one attached hydrogen (secondary N) is 2. The van der Waals surface area contributed by atoms with Crippen molar-refractivity contribution in [3.05, 3.63) is 95.8 Å². The third kappa shape index (κ3) is 7.23. The maximum Gasteiger partial charge on any atom is 0.338 e. The number of anilines is 1. The molecule has 2 amide bonds. The zero-order valence-electron chi connectivity index (χ0n) is 21.4. The predicted molar refractivity (Wildman–Crippen MR) is 147 cm³/mol. The molecule has 0 bridgehead atoms. The maximum atomic E-state index is 12.7. The third-order valence-electron chi connectivity index (χ3n) is 5.47. The highest BCUT2D eigenvalue weighted by atomic mass is 32.2. The number of para-hydroxylation sites is 1. The van der Waals surface area contributed by atoms with Gasteiger partial charge in [0.25, 0.3) is 5.91 Å². The monoisotopic (exact) mass is 545 g/mol. The van der Waals surface area contributed by atoms with Gasteiger partial charge in [0.05, 0.1) is 31.6 Å². The molecule has 0 spiro atoms. The summed E-state index contributed by atoms with van der Waals surface area (Å²) < 4.78 is 12.0. The molecule has 0 aliphatic rings. The molecule has 1 aromatic heterocycles. The lowest BCUT2D eigenvalue weighted by Crippen LogP contribution is -2.24.